The maximum absolute atomic E-state index is 11.4. The lowest BCUT2D eigenvalue weighted by atomic mass is 9.75. The quantitative estimate of drug-likeness (QED) is 0.566. The van der Waals surface area contributed by atoms with Crippen molar-refractivity contribution >= 4 is 5.97 Å². The highest BCUT2D eigenvalue weighted by molar-refractivity contribution is 5.86. The minimum Gasteiger partial charge on any atom is -0.462 e. The van der Waals surface area contributed by atoms with Crippen LogP contribution in [0.2, 0.25) is 0 Å². The van der Waals surface area contributed by atoms with Crippen molar-refractivity contribution in [2.45, 2.75) is 45.4 Å². The van der Waals surface area contributed by atoms with Gasteiger partial charge in [-0.1, -0.05) is 56.2 Å². The molecule has 2 atom stereocenters. The van der Waals surface area contributed by atoms with Crippen LogP contribution in [0.1, 0.15) is 44.6 Å². The van der Waals surface area contributed by atoms with E-state index < -0.39 is 0 Å². The van der Waals surface area contributed by atoms with Crippen LogP contribution in [0.5, 0.6) is 0 Å². The predicted octanol–water partition coefficient (Wildman–Crippen LogP) is 4.54. The molecule has 1 aromatic carbocycles. The Labute approximate surface area is 128 Å². The average Bonchev–Trinajstić information content (AvgIpc) is 2.50. The van der Waals surface area contributed by atoms with E-state index in [9.17, 15) is 4.79 Å². The normalized spacial score (nSPS) is 21.8. The number of rotatable bonds is 6. The molecule has 2 unspecified atom stereocenters. The van der Waals surface area contributed by atoms with Crippen molar-refractivity contribution in [1.29, 1.82) is 0 Å². The minimum atomic E-state index is -0.259. The van der Waals surface area contributed by atoms with E-state index in [0.29, 0.717) is 18.1 Å². The Kier molecular flexibility index (Phi) is 6.04. The smallest absolute Gasteiger partial charge is 0.333 e. The van der Waals surface area contributed by atoms with Gasteiger partial charge in [-0.15, -0.1) is 0 Å². The third-order valence-electron chi connectivity index (χ3n) is 4.48. The molecular weight excluding hydrogens is 260 g/mol. The van der Waals surface area contributed by atoms with Crippen molar-refractivity contribution in [2.75, 3.05) is 6.61 Å². The third kappa shape index (κ3) is 5.04. The fourth-order valence-electron chi connectivity index (χ4n) is 3.28. The average molecular weight is 286 g/mol. The SMILES string of the molecule is C=C(C)C(=O)OCCC1CCCCC1Cc1ccccc1. The van der Waals surface area contributed by atoms with E-state index in [1.165, 1.54) is 31.2 Å². The van der Waals surface area contributed by atoms with Gasteiger partial charge in [0.25, 0.3) is 0 Å². The molecule has 1 aliphatic rings. The van der Waals surface area contributed by atoms with Crippen molar-refractivity contribution in [3.8, 4) is 0 Å². The van der Waals surface area contributed by atoms with Gasteiger partial charge in [-0.25, -0.2) is 4.79 Å². The summed E-state index contributed by atoms with van der Waals surface area (Å²) in [6.45, 7) is 5.84. The van der Waals surface area contributed by atoms with E-state index in [1.54, 1.807) is 6.92 Å². The van der Waals surface area contributed by atoms with Crippen LogP contribution in [0.25, 0.3) is 0 Å². The fraction of sp³-hybridized carbons (Fsp3) is 0.526. The van der Waals surface area contributed by atoms with Crippen LogP contribution in [0.4, 0.5) is 0 Å². The molecule has 2 nitrogen and oxygen atoms in total. The lowest BCUT2D eigenvalue weighted by Crippen LogP contribution is -2.23. The molecule has 0 radical (unpaired) electrons. The maximum atomic E-state index is 11.4. The molecule has 21 heavy (non-hydrogen) atoms. The zero-order valence-corrected chi connectivity index (χ0v) is 13.0. The zero-order valence-electron chi connectivity index (χ0n) is 13.0. The zero-order chi connectivity index (χ0) is 15.1. The Hall–Kier alpha value is -1.57. The number of hydrogen-bond acceptors (Lipinski definition) is 2. The van der Waals surface area contributed by atoms with Gasteiger partial charge in [0.2, 0.25) is 0 Å². The van der Waals surface area contributed by atoms with Crippen LogP contribution >= 0.6 is 0 Å². The van der Waals surface area contributed by atoms with Gasteiger partial charge in [-0.05, 0) is 43.6 Å². The van der Waals surface area contributed by atoms with Gasteiger partial charge in [0.15, 0.2) is 0 Å². The molecule has 1 saturated carbocycles. The van der Waals surface area contributed by atoms with Crippen molar-refractivity contribution in [3.63, 3.8) is 0 Å². The van der Waals surface area contributed by atoms with Crippen molar-refractivity contribution in [1.82, 2.24) is 0 Å². The second-order valence-electron chi connectivity index (χ2n) is 6.20. The van der Waals surface area contributed by atoms with Gasteiger partial charge < -0.3 is 4.74 Å². The van der Waals surface area contributed by atoms with Gasteiger partial charge >= 0.3 is 5.97 Å². The molecule has 0 bridgehead atoms. The van der Waals surface area contributed by atoms with Crippen LogP contribution in [-0.2, 0) is 16.0 Å². The van der Waals surface area contributed by atoms with Crippen molar-refractivity contribution in [3.05, 3.63) is 48.0 Å². The summed E-state index contributed by atoms with van der Waals surface area (Å²) < 4.78 is 5.27. The Bertz CT molecular complexity index is 464. The first-order valence-electron chi connectivity index (χ1n) is 8.03. The summed E-state index contributed by atoms with van der Waals surface area (Å²) in [6.07, 6.45) is 7.34. The van der Waals surface area contributed by atoms with E-state index in [1.807, 2.05) is 0 Å². The van der Waals surface area contributed by atoms with Gasteiger partial charge in [-0.2, -0.15) is 0 Å². The van der Waals surface area contributed by atoms with Crippen LogP contribution in [0.3, 0.4) is 0 Å². The van der Waals surface area contributed by atoms with Gasteiger partial charge in [0.1, 0.15) is 0 Å². The van der Waals surface area contributed by atoms with Crippen LogP contribution in [-0.4, -0.2) is 12.6 Å². The van der Waals surface area contributed by atoms with Crippen molar-refractivity contribution in [2.24, 2.45) is 11.8 Å². The summed E-state index contributed by atoms with van der Waals surface area (Å²) in [5.41, 5.74) is 1.91. The maximum Gasteiger partial charge on any atom is 0.333 e. The van der Waals surface area contributed by atoms with Crippen molar-refractivity contribution < 1.29 is 9.53 Å². The van der Waals surface area contributed by atoms with E-state index in [4.69, 9.17) is 4.74 Å². The summed E-state index contributed by atoms with van der Waals surface area (Å²) in [6, 6.07) is 10.7. The molecule has 2 rings (SSSR count). The number of esters is 1. The standard InChI is InChI=1S/C19H26O2/c1-15(2)19(20)21-13-12-17-10-6-7-11-18(17)14-16-8-4-3-5-9-16/h3-5,8-9,17-18H,1,6-7,10-14H2,2H3. The molecule has 2 heteroatoms. The Morgan fingerprint density at radius 1 is 1.19 bits per heavy atom. The highest BCUT2D eigenvalue weighted by atomic mass is 16.5. The molecule has 0 aliphatic heterocycles. The monoisotopic (exact) mass is 286 g/mol. The molecule has 0 amide bonds. The molecule has 0 N–H and O–H groups in total. The highest BCUT2D eigenvalue weighted by Crippen LogP contribution is 2.34. The molecule has 0 heterocycles. The van der Waals surface area contributed by atoms with E-state index in [-0.39, 0.29) is 5.97 Å². The Morgan fingerprint density at radius 2 is 1.86 bits per heavy atom. The second kappa shape index (κ2) is 8.02. The molecule has 0 spiro atoms. The summed E-state index contributed by atoms with van der Waals surface area (Å²) in [4.78, 5) is 11.4. The van der Waals surface area contributed by atoms with Crippen LogP contribution in [0, 0.1) is 11.8 Å². The summed E-state index contributed by atoms with van der Waals surface area (Å²) in [5, 5.41) is 0. The van der Waals surface area contributed by atoms with Crippen LogP contribution in [0.15, 0.2) is 42.5 Å². The van der Waals surface area contributed by atoms with Gasteiger partial charge in [0.05, 0.1) is 6.61 Å². The lowest BCUT2D eigenvalue weighted by molar-refractivity contribution is -0.139. The molecule has 1 aliphatic carbocycles. The first kappa shape index (κ1) is 15.8. The number of ether oxygens (including phenoxy) is 1. The topological polar surface area (TPSA) is 26.3 Å². The predicted molar refractivity (Wildman–Crippen MR) is 86.0 cm³/mol. The Balaban J connectivity index is 1.84. The largest absolute Gasteiger partial charge is 0.462 e. The molecule has 1 aromatic rings. The summed E-state index contributed by atoms with van der Waals surface area (Å²) >= 11 is 0. The molecular formula is C19H26O2. The molecule has 1 fully saturated rings. The molecule has 0 saturated heterocycles. The number of carbonyl (C=O) groups excluding carboxylic acids is 1. The number of carbonyl (C=O) groups is 1. The second-order valence-corrected chi connectivity index (χ2v) is 6.20. The molecule has 114 valence electrons. The minimum absolute atomic E-state index is 0.259. The van der Waals surface area contributed by atoms with Crippen LogP contribution < -0.4 is 0 Å². The van der Waals surface area contributed by atoms with E-state index in [2.05, 4.69) is 36.9 Å². The van der Waals surface area contributed by atoms with E-state index >= 15 is 0 Å². The first-order valence-corrected chi connectivity index (χ1v) is 8.03. The fourth-order valence-corrected chi connectivity index (χ4v) is 3.28. The highest BCUT2D eigenvalue weighted by Gasteiger charge is 2.25. The number of benzene rings is 1. The lowest BCUT2D eigenvalue weighted by Gasteiger charge is -2.31. The van der Waals surface area contributed by atoms with Gasteiger partial charge in [0, 0.05) is 5.57 Å². The Morgan fingerprint density at radius 3 is 2.52 bits per heavy atom. The third-order valence-corrected chi connectivity index (χ3v) is 4.48. The molecule has 0 aromatic heterocycles. The van der Waals surface area contributed by atoms with E-state index in [0.717, 1.165) is 18.8 Å². The van der Waals surface area contributed by atoms with Gasteiger partial charge in [-0.3, -0.25) is 0 Å². The number of hydrogen-bond donors (Lipinski definition) is 0. The first-order chi connectivity index (χ1) is 10.2. The summed E-state index contributed by atoms with van der Waals surface area (Å²) in [7, 11) is 0. The summed E-state index contributed by atoms with van der Waals surface area (Å²) in [5.74, 6) is 1.15.